The Morgan fingerprint density at radius 3 is 2.41 bits per heavy atom. The molecule has 3 aromatic carbocycles. The first-order valence-corrected chi connectivity index (χ1v) is 16.4. The van der Waals surface area contributed by atoms with Crippen LogP contribution in [0.2, 0.25) is 0 Å². The van der Waals surface area contributed by atoms with Gasteiger partial charge in [0.15, 0.2) is 5.75 Å². The molecule has 0 N–H and O–H groups in total. The van der Waals surface area contributed by atoms with Crippen molar-refractivity contribution in [2.75, 3.05) is 29.8 Å². The largest absolute Gasteiger partial charge is 0.490 e. The van der Waals surface area contributed by atoms with Gasteiger partial charge in [0.1, 0.15) is 17.5 Å². The molecule has 11 heteroatoms. The van der Waals surface area contributed by atoms with Gasteiger partial charge in [-0.25, -0.2) is 13.2 Å². The molecule has 1 amide bonds. The van der Waals surface area contributed by atoms with Gasteiger partial charge in [0.2, 0.25) is 10.0 Å². The van der Waals surface area contributed by atoms with E-state index in [4.69, 9.17) is 14.2 Å². The molecule has 3 aromatic rings. The lowest BCUT2D eigenvalue weighted by Crippen LogP contribution is -2.44. The molecule has 10 nitrogen and oxygen atoms in total. The van der Waals surface area contributed by atoms with Gasteiger partial charge < -0.3 is 19.1 Å². The molecule has 0 spiro atoms. The zero-order valence-corrected chi connectivity index (χ0v) is 26.2. The normalized spacial score (nSPS) is 17.2. The molecule has 0 aromatic heterocycles. The number of anilines is 1. The number of sulfonamides is 1. The molecule has 0 unspecified atom stereocenters. The summed E-state index contributed by atoms with van der Waals surface area (Å²) in [5, 5.41) is 11.1. The van der Waals surface area contributed by atoms with E-state index >= 15 is 0 Å². The lowest BCUT2D eigenvalue weighted by Gasteiger charge is -2.33. The first kappa shape index (κ1) is 31.1. The van der Waals surface area contributed by atoms with Gasteiger partial charge in [-0.1, -0.05) is 18.2 Å². The molecule has 2 aliphatic rings. The third kappa shape index (κ3) is 6.91. The number of piperidine rings is 1. The summed E-state index contributed by atoms with van der Waals surface area (Å²) >= 11 is 0. The van der Waals surface area contributed by atoms with Crippen LogP contribution in [0.1, 0.15) is 63.3 Å². The van der Waals surface area contributed by atoms with E-state index in [1.54, 1.807) is 36.1 Å². The summed E-state index contributed by atoms with van der Waals surface area (Å²) < 4.78 is 45.5. The lowest BCUT2D eigenvalue weighted by atomic mass is 9.98. The van der Waals surface area contributed by atoms with Crippen molar-refractivity contribution in [2.24, 2.45) is 0 Å². The number of hydrogen-bond donors (Lipinski definition) is 0. The first-order valence-electron chi connectivity index (χ1n) is 14.8. The van der Waals surface area contributed by atoms with Crippen molar-refractivity contribution in [1.82, 2.24) is 4.90 Å². The summed E-state index contributed by atoms with van der Waals surface area (Å²) in [6, 6.07) is 17.9. The quantitative estimate of drug-likeness (QED) is 0.318. The van der Waals surface area contributed by atoms with Crippen molar-refractivity contribution < 1.29 is 32.2 Å². The number of likely N-dealkylation sites (tertiary alicyclic amines) is 1. The zero-order valence-electron chi connectivity index (χ0n) is 25.4. The Hall–Kier alpha value is -4.30. The first-order chi connectivity index (χ1) is 20.9. The van der Waals surface area contributed by atoms with Crippen molar-refractivity contribution in [2.45, 2.75) is 64.7 Å². The van der Waals surface area contributed by atoms with Gasteiger partial charge in [0, 0.05) is 32.4 Å². The van der Waals surface area contributed by atoms with Crippen LogP contribution in [-0.4, -0.2) is 62.5 Å². The van der Waals surface area contributed by atoms with Gasteiger partial charge in [0.25, 0.3) is 0 Å². The molecule has 1 atom stereocenters. The van der Waals surface area contributed by atoms with Crippen LogP contribution in [0.5, 0.6) is 5.75 Å². The second-order valence-corrected chi connectivity index (χ2v) is 13.9. The minimum Gasteiger partial charge on any atom is -0.490 e. The van der Waals surface area contributed by atoms with E-state index in [1.165, 1.54) is 4.31 Å². The van der Waals surface area contributed by atoms with Gasteiger partial charge in [-0.15, -0.1) is 0 Å². The summed E-state index contributed by atoms with van der Waals surface area (Å²) in [6.45, 7) is 8.26. The number of carbonyl (C=O) groups excluding carboxylic acids is 2. The Morgan fingerprint density at radius 2 is 1.73 bits per heavy atom. The van der Waals surface area contributed by atoms with Crippen molar-refractivity contribution in [3.63, 3.8) is 0 Å². The Bertz CT molecular complexity index is 1720. The second kappa shape index (κ2) is 12.4. The second-order valence-electron chi connectivity index (χ2n) is 12.1. The fourth-order valence-electron chi connectivity index (χ4n) is 5.71. The minimum atomic E-state index is -4.11. The smallest absolute Gasteiger partial charge is 0.410 e. The highest BCUT2D eigenvalue weighted by Gasteiger charge is 2.40. The fourth-order valence-corrected chi connectivity index (χ4v) is 7.29. The Balaban J connectivity index is 1.39. The molecule has 44 heavy (non-hydrogen) atoms. The van der Waals surface area contributed by atoms with Gasteiger partial charge in [-0.3, -0.25) is 9.10 Å². The number of amides is 1. The van der Waals surface area contributed by atoms with Crippen LogP contribution >= 0.6 is 0 Å². The number of benzene rings is 3. The van der Waals surface area contributed by atoms with E-state index in [2.05, 4.69) is 6.07 Å². The summed E-state index contributed by atoms with van der Waals surface area (Å²) in [5.74, 6) is -0.980. The molecule has 0 bridgehead atoms. The Labute approximate surface area is 258 Å². The van der Waals surface area contributed by atoms with Crippen molar-refractivity contribution in [3.05, 3.63) is 71.3 Å². The predicted molar refractivity (Wildman–Crippen MR) is 166 cm³/mol. The van der Waals surface area contributed by atoms with Crippen LogP contribution in [-0.2, 0) is 30.7 Å². The van der Waals surface area contributed by atoms with Crippen LogP contribution < -0.4 is 9.04 Å². The van der Waals surface area contributed by atoms with E-state index < -0.39 is 33.4 Å². The molecule has 0 radical (unpaired) electrons. The summed E-state index contributed by atoms with van der Waals surface area (Å²) in [6.07, 6.45) is 1.21. The fraction of sp³-hybridized carbons (Fsp3) is 0.424. The van der Waals surface area contributed by atoms with Crippen LogP contribution in [0, 0.1) is 11.3 Å². The van der Waals surface area contributed by atoms with E-state index in [-0.39, 0.29) is 18.8 Å². The number of carbonyl (C=O) groups is 2. The van der Waals surface area contributed by atoms with Crippen LogP contribution in [0.4, 0.5) is 10.5 Å². The van der Waals surface area contributed by atoms with Gasteiger partial charge in [-0.05, 0) is 86.0 Å². The molecule has 1 saturated heterocycles. The van der Waals surface area contributed by atoms with E-state index in [0.717, 1.165) is 21.9 Å². The molecule has 2 heterocycles. The zero-order chi connectivity index (χ0) is 31.6. The molecule has 1 fully saturated rings. The number of ether oxygens (including phenoxy) is 3. The molecule has 5 rings (SSSR count). The van der Waals surface area contributed by atoms with Crippen LogP contribution in [0.3, 0.4) is 0 Å². The SMILES string of the molecule is CCOC(=O)CS(=O)(=O)N1c2ccc(OC3CCN(C(=O)OC(C)(C)C)CC3)cc2C[C@@H]1c1ccc2ccc(C#N)cc2c1. The summed E-state index contributed by atoms with van der Waals surface area (Å²) in [5.41, 5.74) is 1.95. The van der Waals surface area contributed by atoms with E-state index in [9.17, 15) is 23.3 Å². The van der Waals surface area contributed by atoms with Crippen LogP contribution in [0.15, 0.2) is 54.6 Å². The number of esters is 1. The highest BCUT2D eigenvalue weighted by Crippen LogP contribution is 2.44. The third-order valence-electron chi connectivity index (χ3n) is 7.66. The van der Waals surface area contributed by atoms with Crippen molar-refractivity contribution >= 4 is 38.5 Å². The number of fused-ring (bicyclic) bond motifs is 2. The Kier molecular flexibility index (Phi) is 8.75. The maximum absolute atomic E-state index is 13.7. The van der Waals surface area contributed by atoms with E-state index in [1.807, 2.05) is 51.1 Å². The highest BCUT2D eigenvalue weighted by molar-refractivity contribution is 7.93. The Morgan fingerprint density at radius 1 is 1.00 bits per heavy atom. The number of nitriles is 1. The van der Waals surface area contributed by atoms with Crippen molar-refractivity contribution in [1.29, 1.82) is 5.26 Å². The van der Waals surface area contributed by atoms with Gasteiger partial charge in [-0.2, -0.15) is 5.26 Å². The summed E-state index contributed by atoms with van der Waals surface area (Å²) in [4.78, 5) is 26.4. The molecule has 2 aliphatic heterocycles. The number of nitrogens with zero attached hydrogens (tertiary/aromatic N) is 3. The molecular weight excluding hydrogens is 582 g/mol. The average Bonchev–Trinajstić information content (AvgIpc) is 3.36. The lowest BCUT2D eigenvalue weighted by molar-refractivity contribution is -0.139. The molecular formula is C33H37N3O7S. The standard InChI is InChI=1S/C33H37N3O7S/c1-5-41-31(37)21-44(39,40)36-29-11-10-28(42-27-12-14-35(15-13-27)32(38)43-33(2,3)4)18-26(29)19-30(36)24-9-8-23-7-6-22(20-34)16-25(23)17-24/h6-11,16-18,27,30H,5,12-15,19,21H2,1-4H3/t30-/m1/s1. The minimum absolute atomic E-state index is 0.0810. The third-order valence-corrected chi connectivity index (χ3v) is 9.32. The van der Waals surface area contributed by atoms with E-state index in [0.29, 0.717) is 49.4 Å². The molecule has 0 saturated carbocycles. The monoisotopic (exact) mass is 619 g/mol. The predicted octanol–water partition coefficient (Wildman–Crippen LogP) is 5.49. The summed E-state index contributed by atoms with van der Waals surface area (Å²) in [7, 11) is -4.11. The van der Waals surface area contributed by atoms with Gasteiger partial charge >= 0.3 is 12.1 Å². The highest BCUT2D eigenvalue weighted by atomic mass is 32.2. The molecule has 0 aliphatic carbocycles. The number of rotatable bonds is 7. The maximum Gasteiger partial charge on any atom is 0.410 e. The topological polar surface area (TPSA) is 126 Å². The molecule has 232 valence electrons. The number of hydrogen-bond acceptors (Lipinski definition) is 8. The maximum atomic E-state index is 13.7. The van der Waals surface area contributed by atoms with Crippen LogP contribution in [0.25, 0.3) is 10.8 Å². The van der Waals surface area contributed by atoms with Gasteiger partial charge in [0.05, 0.1) is 30.0 Å². The van der Waals surface area contributed by atoms with Crippen molar-refractivity contribution in [3.8, 4) is 11.8 Å². The average molecular weight is 620 g/mol.